The first kappa shape index (κ1) is 16.2. The number of hydrogen-bond acceptors (Lipinski definition) is 6. The Morgan fingerprint density at radius 2 is 2.04 bits per heavy atom. The molecule has 0 radical (unpaired) electrons. The molecule has 0 aliphatic heterocycles. The fourth-order valence-electron chi connectivity index (χ4n) is 2.29. The Morgan fingerprint density at radius 1 is 1.21 bits per heavy atom. The highest BCUT2D eigenvalue weighted by Gasteiger charge is 2.13. The summed E-state index contributed by atoms with van der Waals surface area (Å²) in [6.07, 6.45) is 4.11. The maximum atomic E-state index is 5.81. The molecule has 0 saturated heterocycles. The lowest BCUT2D eigenvalue weighted by atomic mass is 10.2. The molecule has 1 N–H and O–H groups in total. The second-order valence-corrected chi connectivity index (χ2v) is 6.53. The first-order valence-electron chi connectivity index (χ1n) is 8.02. The van der Waals surface area contributed by atoms with E-state index in [0.717, 1.165) is 23.5 Å². The number of pyridine rings is 1. The molecular formula is C17H22N6O. The third-order valence-electron chi connectivity index (χ3n) is 3.35. The van der Waals surface area contributed by atoms with Gasteiger partial charge in [0, 0.05) is 30.6 Å². The van der Waals surface area contributed by atoms with Crippen molar-refractivity contribution < 1.29 is 4.74 Å². The minimum Gasteiger partial charge on any atom is -0.472 e. The lowest BCUT2D eigenvalue weighted by Crippen LogP contribution is -2.23. The third-order valence-corrected chi connectivity index (χ3v) is 3.35. The summed E-state index contributed by atoms with van der Waals surface area (Å²) in [5.74, 6) is 2.09. The SMILES string of the molecule is CCc1cc(NCc2ccnc(OC(C)(C)C)c2)n2ncnc2n1. The van der Waals surface area contributed by atoms with Gasteiger partial charge in [-0.05, 0) is 38.8 Å². The quantitative estimate of drug-likeness (QED) is 0.777. The summed E-state index contributed by atoms with van der Waals surface area (Å²) in [6, 6.07) is 5.90. The summed E-state index contributed by atoms with van der Waals surface area (Å²) in [6.45, 7) is 8.71. The molecule has 3 aromatic rings. The average Bonchev–Trinajstić information content (AvgIpc) is 2.99. The number of nitrogens with zero attached hydrogens (tertiary/aromatic N) is 5. The number of aromatic nitrogens is 5. The van der Waals surface area contributed by atoms with E-state index in [1.54, 1.807) is 10.7 Å². The van der Waals surface area contributed by atoms with Crippen molar-refractivity contribution in [3.8, 4) is 5.88 Å². The van der Waals surface area contributed by atoms with Crippen LogP contribution in [0.4, 0.5) is 5.82 Å². The summed E-state index contributed by atoms with van der Waals surface area (Å²) in [7, 11) is 0. The first-order chi connectivity index (χ1) is 11.4. The van der Waals surface area contributed by atoms with E-state index in [1.165, 1.54) is 6.33 Å². The lowest BCUT2D eigenvalue weighted by molar-refractivity contribution is 0.124. The Labute approximate surface area is 141 Å². The summed E-state index contributed by atoms with van der Waals surface area (Å²) < 4.78 is 7.51. The van der Waals surface area contributed by atoms with Gasteiger partial charge in [-0.2, -0.15) is 14.6 Å². The fraction of sp³-hybridized carbons (Fsp3) is 0.412. The van der Waals surface area contributed by atoms with Crippen molar-refractivity contribution in [2.75, 3.05) is 5.32 Å². The van der Waals surface area contributed by atoms with Gasteiger partial charge in [-0.25, -0.2) is 9.97 Å². The van der Waals surface area contributed by atoms with Crippen molar-refractivity contribution >= 4 is 11.6 Å². The number of ether oxygens (including phenoxy) is 1. The van der Waals surface area contributed by atoms with Gasteiger partial charge in [0.05, 0.1) is 0 Å². The smallest absolute Gasteiger partial charge is 0.254 e. The highest BCUT2D eigenvalue weighted by atomic mass is 16.5. The van der Waals surface area contributed by atoms with Crippen LogP contribution < -0.4 is 10.1 Å². The number of rotatable bonds is 5. The van der Waals surface area contributed by atoms with Crippen LogP contribution in [0.15, 0.2) is 30.7 Å². The van der Waals surface area contributed by atoms with Crippen molar-refractivity contribution in [3.63, 3.8) is 0 Å². The van der Waals surface area contributed by atoms with E-state index in [1.807, 2.05) is 39.0 Å². The van der Waals surface area contributed by atoms with E-state index in [2.05, 4.69) is 32.3 Å². The van der Waals surface area contributed by atoms with Crippen LogP contribution in [-0.4, -0.2) is 30.2 Å². The van der Waals surface area contributed by atoms with Gasteiger partial charge in [0.15, 0.2) is 0 Å². The molecule has 0 aliphatic rings. The first-order valence-corrected chi connectivity index (χ1v) is 8.02. The van der Waals surface area contributed by atoms with E-state index in [0.29, 0.717) is 18.2 Å². The zero-order chi connectivity index (χ0) is 17.2. The summed E-state index contributed by atoms with van der Waals surface area (Å²) in [5, 5.41) is 7.61. The second-order valence-electron chi connectivity index (χ2n) is 6.53. The molecular weight excluding hydrogens is 304 g/mol. The van der Waals surface area contributed by atoms with Gasteiger partial charge in [0.2, 0.25) is 5.88 Å². The molecule has 0 aromatic carbocycles. The molecule has 0 fully saturated rings. The molecule has 0 bridgehead atoms. The summed E-state index contributed by atoms with van der Waals surface area (Å²) in [4.78, 5) is 12.9. The molecule has 126 valence electrons. The molecule has 7 heteroatoms. The van der Waals surface area contributed by atoms with Gasteiger partial charge in [-0.15, -0.1) is 0 Å². The number of anilines is 1. The molecule has 7 nitrogen and oxygen atoms in total. The number of hydrogen-bond donors (Lipinski definition) is 1. The monoisotopic (exact) mass is 326 g/mol. The topological polar surface area (TPSA) is 77.2 Å². The normalized spacial score (nSPS) is 11.7. The standard InChI is InChI=1S/C17H22N6O/c1-5-13-9-14(23-16(22-13)20-11-21-23)19-10-12-6-7-18-15(8-12)24-17(2,3)4/h6-9,11,19H,5,10H2,1-4H3. The van der Waals surface area contributed by atoms with Crippen LogP contribution in [0.1, 0.15) is 39.0 Å². The van der Waals surface area contributed by atoms with Crippen LogP contribution in [0.25, 0.3) is 5.78 Å². The Kier molecular flexibility index (Phi) is 4.33. The van der Waals surface area contributed by atoms with E-state index in [9.17, 15) is 0 Å². The highest BCUT2D eigenvalue weighted by molar-refractivity contribution is 5.45. The minimum atomic E-state index is -0.271. The summed E-state index contributed by atoms with van der Waals surface area (Å²) >= 11 is 0. The molecule has 0 amide bonds. The zero-order valence-corrected chi connectivity index (χ0v) is 14.4. The van der Waals surface area contributed by atoms with Crippen molar-refractivity contribution in [2.45, 2.75) is 46.3 Å². The Hall–Kier alpha value is -2.70. The fourth-order valence-corrected chi connectivity index (χ4v) is 2.29. The number of fused-ring (bicyclic) bond motifs is 1. The maximum Gasteiger partial charge on any atom is 0.254 e. The van der Waals surface area contributed by atoms with Gasteiger partial charge in [-0.3, -0.25) is 0 Å². The molecule has 0 aliphatic carbocycles. The van der Waals surface area contributed by atoms with Gasteiger partial charge in [0.25, 0.3) is 5.78 Å². The van der Waals surface area contributed by atoms with Gasteiger partial charge < -0.3 is 10.1 Å². The van der Waals surface area contributed by atoms with Crippen LogP contribution in [0.2, 0.25) is 0 Å². The third kappa shape index (κ3) is 3.79. The van der Waals surface area contributed by atoms with Gasteiger partial charge >= 0.3 is 0 Å². The summed E-state index contributed by atoms with van der Waals surface area (Å²) in [5.41, 5.74) is 1.78. The number of aryl methyl sites for hydroxylation is 1. The molecule has 3 aromatic heterocycles. The Morgan fingerprint density at radius 3 is 2.79 bits per heavy atom. The van der Waals surface area contributed by atoms with Crippen molar-refractivity contribution in [1.82, 2.24) is 24.6 Å². The number of nitrogens with one attached hydrogen (secondary N) is 1. The largest absolute Gasteiger partial charge is 0.472 e. The van der Waals surface area contributed by atoms with Crippen LogP contribution in [0, 0.1) is 0 Å². The molecule has 0 atom stereocenters. The molecule has 3 heterocycles. The van der Waals surface area contributed by atoms with E-state index >= 15 is 0 Å². The lowest BCUT2D eigenvalue weighted by Gasteiger charge is -2.20. The molecule has 0 saturated carbocycles. The van der Waals surface area contributed by atoms with Gasteiger partial charge in [0.1, 0.15) is 17.7 Å². The van der Waals surface area contributed by atoms with Crippen molar-refractivity contribution in [1.29, 1.82) is 0 Å². The molecule has 24 heavy (non-hydrogen) atoms. The Balaban J connectivity index is 1.79. The molecule has 0 unspecified atom stereocenters. The van der Waals surface area contributed by atoms with Crippen LogP contribution in [0.3, 0.4) is 0 Å². The highest BCUT2D eigenvalue weighted by Crippen LogP contribution is 2.18. The van der Waals surface area contributed by atoms with Crippen LogP contribution in [0.5, 0.6) is 5.88 Å². The van der Waals surface area contributed by atoms with Gasteiger partial charge in [-0.1, -0.05) is 6.92 Å². The van der Waals surface area contributed by atoms with E-state index in [-0.39, 0.29) is 5.60 Å². The van der Waals surface area contributed by atoms with Crippen LogP contribution in [-0.2, 0) is 13.0 Å². The predicted molar refractivity (Wildman–Crippen MR) is 92.1 cm³/mol. The predicted octanol–water partition coefficient (Wildman–Crippen LogP) is 2.87. The van der Waals surface area contributed by atoms with Crippen molar-refractivity contribution in [2.24, 2.45) is 0 Å². The average molecular weight is 326 g/mol. The van der Waals surface area contributed by atoms with E-state index in [4.69, 9.17) is 4.74 Å². The Bertz CT molecular complexity index is 836. The molecule has 0 spiro atoms. The maximum absolute atomic E-state index is 5.81. The van der Waals surface area contributed by atoms with Crippen molar-refractivity contribution in [3.05, 3.63) is 42.0 Å². The minimum absolute atomic E-state index is 0.271. The zero-order valence-electron chi connectivity index (χ0n) is 14.4. The van der Waals surface area contributed by atoms with Crippen LogP contribution >= 0.6 is 0 Å². The molecule has 3 rings (SSSR count). The van der Waals surface area contributed by atoms with E-state index < -0.39 is 0 Å². The second kappa shape index (κ2) is 6.43.